The van der Waals surface area contributed by atoms with E-state index in [1.807, 2.05) is 13.8 Å². The largest absolute Gasteiger partial charge is 0.341 e. The van der Waals surface area contributed by atoms with Gasteiger partial charge in [-0.1, -0.05) is 63.9 Å². The first-order chi connectivity index (χ1) is 13.2. The van der Waals surface area contributed by atoms with Crippen molar-refractivity contribution in [1.29, 1.82) is 0 Å². The van der Waals surface area contributed by atoms with Crippen LogP contribution in [0.4, 0.5) is 0 Å². The molecule has 1 heteroatoms. The van der Waals surface area contributed by atoms with Crippen molar-refractivity contribution in [3.05, 3.63) is 59.2 Å². The molecule has 0 radical (unpaired) electrons. The number of nitrogens with zero attached hydrogens (tertiary/aromatic N) is 1. The molecule has 1 aliphatic carbocycles. The number of benzene rings is 2. The molecule has 0 aliphatic heterocycles. The summed E-state index contributed by atoms with van der Waals surface area (Å²) in [5.74, 6) is 0.719. The summed E-state index contributed by atoms with van der Waals surface area (Å²) in [4.78, 5) is 0. The summed E-state index contributed by atoms with van der Waals surface area (Å²) in [6, 6.07) is 16.1. The monoisotopic (exact) mass is 361 g/mol. The van der Waals surface area contributed by atoms with Crippen LogP contribution in [0.3, 0.4) is 0 Å². The Kier molecular flexibility index (Phi) is 6.42. The maximum absolute atomic E-state index is 2.56. The fourth-order valence-electron chi connectivity index (χ4n) is 4.73. The Bertz CT molecular complexity index is 894. The summed E-state index contributed by atoms with van der Waals surface area (Å²) in [6.45, 7) is 11.8. The lowest BCUT2D eigenvalue weighted by Gasteiger charge is -2.16. The van der Waals surface area contributed by atoms with Crippen LogP contribution in [0.25, 0.3) is 22.2 Å². The molecule has 1 aromatic heterocycles. The summed E-state index contributed by atoms with van der Waals surface area (Å²) in [6.07, 6.45) is 6.56. The second-order valence-corrected chi connectivity index (χ2v) is 7.51. The van der Waals surface area contributed by atoms with E-state index >= 15 is 0 Å². The van der Waals surface area contributed by atoms with Crippen LogP contribution >= 0.6 is 0 Å². The average Bonchev–Trinajstić information content (AvgIpc) is 3.34. The van der Waals surface area contributed by atoms with Crippen LogP contribution in [-0.2, 0) is 13.0 Å². The normalized spacial score (nSPS) is 14.4. The van der Waals surface area contributed by atoms with Gasteiger partial charge >= 0.3 is 0 Å². The zero-order valence-corrected chi connectivity index (χ0v) is 17.8. The second-order valence-electron chi connectivity index (χ2n) is 7.51. The summed E-state index contributed by atoms with van der Waals surface area (Å²) >= 11 is 0. The molecule has 1 nitrogen and oxygen atoms in total. The first-order valence-electron chi connectivity index (χ1n) is 11.0. The molecule has 0 amide bonds. The predicted molar refractivity (Wildman–Crippen MR) is 120 cm³/mol. The highest BCUT2D eigenvalue weighted by Gasteiger charge is 2.27. The molecular formula is C26H35N. The molecule has 1 saturated carbocycles. The zero-order chi connectivity index (χ0) is 19.4. The van der Waals surface area contributed by atoms with Gasteiger partial charge in [-0.25, -0.2) is 0 Å². The first kappa shape index (κ1) is 19.7. The molecule has 0 atom stereocenters. The van der Waals surface area contributed by atoms with Crippen LogP contribution in [0.15, 0.2) is 42.5 Å². The summed E-state index contributed by atoms with van der Waals surface area (Å²) in [5.41, 5.74) is 8.78. The lowest BCUT2D eigenvalue weighted by Crippen LogP contribution is -2.01. The predicted octanol–water partition coefficient (Wildman–Crippen LogP) is 7.88. The number of aryl methyl sites for hydroxylation is 3. The lowest BCUT2D eigenvalue weighted by molar-refractivity contribution is 0.719. The molecule has 0 spiro atoms. The van der Waals surface area contributed by atoms with Gasteiger partial charge in [0.2, 0.25) is 0 Å². The van der Waals surface area contributed by atoms with E-state index in [1.165, 1.54) is 59.0 Å². The Morgan fingerprint density at radius 1 is 0.963 bits per heavy atom. The number of hydrogen-bond acceptors (Lipinski definition) is 0. The fraction of sp³-hybridized carbons (Fsp3) is 0.462. The Morgan fingerprint density at radius 3 is 2.30 bits per heavy atom. The van der Waals surface area contributed by atoms with E-state index in [0.717, 1.165) is 18.9 Å². The van der Waals surface area contributed by atoms with Gasteiger partial charge in [0.25, 0.3) is 0 Å². The van der Waals surface area contributed by atoms with Crippen molar-refractivity contribution in [3.63, 3.8) is 0 Å². The van der Waals surface area contributed by atoms with E-state index in [4.69, 9.17) is 0 Å². The summed E-state index contributed by atoms with van der Waals surface area (Å²) in [5, 5.41) is 1.51. The van der Waals surface area contributed by atoms with Gasteiger partial charge in [-0.05, 0) is 67.9 Å². The van der Waals surface area contributed by atoms with Gasteiger partial charge in [0.15, 0.2) is 0 Å². The molecule has 1 fully saturated rings. The minimum atomic E-state index is 0.719. The van der Waals surface area contributed by atoms with Crippen LogP contribution in [-0.4, -0.2) is 4.57 Å². The van der Waals surface area contributed by atoms with Crippen molar-refractivity contribution in [2.45, 2.75) is 79.2 Å². The number of aromatic nitrogens is 1. The maximum atomic E-state index is 2.56. The third-order valence-corrected chi connectivity index (χ3v) is 6.06. The Morgan fingerprint density at radius 2 is 1.67 bits per heavy atom. The molecule has 144 valence electrons. The SMILES string of the molecule is CC.CCc1ccc2c(c1)c(C1CCCC1)c(-c1ccccc1C)n2CC. The molecule has 1 heterocycles. The van der Waals surface area contributed by atoms with Crippen molar-refractivity contribution in [2.24, 2.45) is 0 Å². The lowest BCUT2D eigenvalue weighted by atomic mass is 9.90. The molecule has 0 bridgehead atoms. The van der Waals surface area contributed by atoms with Gasteiger partial charge < -0.3 is 4.57 Å². The van der Waals surface area contributed by atoms with Gasteiger partial charge in [-0.15, -0.1) is 0 Å². The van der Waals surface area contributed by atoms with E-state index in [1.54, 1.807) is 5.56 Å². The van der Waals surface area contributed by atoms with Crippen molar-refractivity contribution in [1.82, 2.24) is 4.57 Å². The van der Waals surface area contributed by atoms with Gasteiger partial charge in [0, 0.05) is 23.0 Å². The second kappa shape index (κ2) is 8.78. The van der Waals surface area contributed by atoms with Crippen LogP contribution in [0, 0.1) is 6.92 Å². The van der Waals surface area contributed by atoms with Crippen LogP contribution in [0.1, 0.15) is 76.0 Å². The van der Waals surface area contributed by atoms with E-state index in [9.17, 15) is 0 Å². The van der Waals surface area contributed by atoms with E-state index in [2.05, 4.69) is 67.8 Å². The number of fused-ring (bicyclic) bond motifs is 1. The third-order valence-electron chi connectivity index (χ3n) is 6.06. The Balaban J connectivity index is 0.00000102. The Hall–Kier alpha value is -2.02. The number of hydrogen-bond donors (Lipinski definition) is 0. The van der Waals surface area contributed by atoms with Gasteiger partial charge in [-0.3, -0.25) is 0 Å². The van der Waals surface area contributed by atoms with Crippen molar-refractivity contribution in [2.75, 3.05) is 0 Å². The van der Waals surface area contributed by atoms with Crippen LogP contribution in [0.5, 0.6) is 0 Å². The first-order valence-corrected chi connectivity index (χ1v) is 11.0. The molecule has 1 aliphatic rings. The minimum Gasteiger partial charge on any atom is -0.341 e. The topological polar surface area (TPSA) is 4.93 Å². The highest BCUT2D eigenvalue weighted by Crippen LogP contribution is 2.45. The quantitative estimate of drug-likeness (QED) is 0.445. The molecule has 2 aromatic carbocycles. The standard InChI is InChI=1S/C24H29N.C2H6/c1-4-18-14-15-22-21(16-18)23(19-11-7-8-12-19)24(25(22)5-2)20-13-9-6-10-17(20)3;1-2/h6,9-10,13-16,19H,4-5,7-8,11-12H2,1-3H3;1-2H3. The highest BCUT2D eigenvalue weighted by molar-refractivity contribution is 5.93. The summed E-state index contributed by atoms with van der Waals surface area (Å²) in [7, 11) is 0. The van der Waals surface area contributed by atoms with Crippen LogP contribution < -0.4 is 0 Å². The maximum Gasteiger partial charge on any atom is 0.0529 e. The Labute approximate surface area is 165 Å². The van der Waals surface area contributed by atoms with E-state index < -0.39 is 0 Å². The molecule has 0 N–H and O–H groups in total. The van der Waals surface area contributed by atoms with E-state index in [-0.39, 0.29) is 0 Å². The fourth-order valence-corrected chi connectivity index (χ4v) is 4.73. The smallest absolute Gasteiger partial charge is 0.0529 e. The van der Waals surface area contributed by atoms with Crippen molar-refractivity contribution < 1.29 is 0 Å². The molecule has 0 saturated heterocycles. The molecular weight excluding hydrogens is 326 g/mol. The highest BCUT2D eigenvalue weighted by atomic mass is 15.0. The molecule has 3 aromatic rings. The molecule has 0 unspecified atom stereocenters. The minimum absolute atomic E-state index is 0.719. The molecule has 27 heavy (non-hydrogen) atoms. The van der Waals surface area contributed by atoms with E-state index in [0.29, 0.717) is 0 Å². The summed E-state index contributed by atoms with van der Waals surface area (Å²) < 4.78 is 2.56. The van der Waals surface area contributed by atoms with Gasteiger partial charge in [0.1, 0.15) is 0 Å². The van der Waals surface area contributed by atoms with Gasteiger partial charge in [0.05, 0.1) is 5.69 Å². The average molecular weight is 362 g/mol. The zero-order valence-electron chi connectivity index (χ0n) is 17.8. The van der Waals surface area contributed by atoms with Crippen molar-refractivity contribution in [3.8, 4) is 11.3 Å². The third kappa shape index (κ3) is 3.57. The van der Waals surface area contributed by atoms with Gasteiger partial charge in [-0.2, -0.15) is 0 Å². The number of rotatable bonds is 4. The van der Waals surface area contributed by atoms with Crippen LogP contribution in [0.2, 0.25) is 0 Å². The molecule has 4 rings (SSSR count). The van der Waals surface area contributed by atoms with Crippen molar-refractivity contribution >= 4 is 10.9 Å².